The minimum atomic E-state index is -0.341. The average molecular weight is 215 g/mol. The van der Waals surface area contributed by atoms with E-state index in [0.717, 1.165) is 0 Å². The maximum Gasteiger partial charge on any atom is 0.195 e. The zero-order valence-corrected chi connectivity index (χ0v) is 8.19. The predicted molar refractivity (Wildman–Crippen MR) is 53.3 cm³/mol. The Morgan fingerprint density at radius 3 is 2.86 bits per heavy atom. The minimum absolute atomic E-state index is 0. The van der Waals surface area contributed by atoms with Crippen molar-refractivity contribution >= 4 is 29.2 Å². The Hall–Kier alpha value is -1.42. The number of H-pyrrole nitrogens is 1. The topological polar surface area (TPSA) is 45.8 Å². The molecular formula is C9H8ClFN2O. The van der Waals surface area contributed by atoms with Gasteiger partial charge in [-0.15, -0.1) is 12.4 Å². The van der Waals surface area contributed by atoms with Crippen molar-refractivity contribution in [2.24, 2.45) is 0 Å². The van der Waals surface area contributed by atoms with Gasteiger partial charge in [-0.05, 0) is 18.2 Å². The van der Waals surface area contributed by atoms with Crippen LogP contribution in [0.3, 0.4) is 0 Å². The van der Waals surface area contributed by atoms with Crippen molar-refractivity contribution in [3.05, 3.63) is 29.8 Å². The average Bonchev–Trinajstić information content (AvgIpc) is 2.46. The maximum atomic E-state index is 12.7. The first-order valence-electron chi connectivity index (χ1n) is 3.83. The summed E-state index contributed by atoms with van der Waals surface area (Å²) in [7, 11) is 0. The number of nitrogens with zero attached hydrogens (tertiary/aromatic N) is 1. The Morgan fingerprint density at radius 2 is 2.21 bits per heavy atom. The summed E-state index contributed by atoms with van der Waals surface area (Å²) in [6.45, 7) is 1.41. The van der Waals surface area contributed by atoms with E-state index in [2.05, 4.69) is 9.97 Å². The van der Waals surface area contributed by atoms with E-state index in [1.807, 2.05) is 0 Å². The van der Waals surface area contributed by atoms with E-state index in [9.17, 15) is 9.18 Å². The Labute approximate surface area is 85.8 Å². The number of hydrogen-bond acceptors (Lipinski definition) is 2. The van der Waals surface area contributed by atoms with Gasteiger partial charge in [0.25, 0.3) is 0 Å². The van der Waals surface area contributed by atoms with Gasteiger partial charge in [-0.2, -0.15) is 0 Å². The number of fused-ring (bicyclic) bond motifs is 1. The third-order valence-corrected chi connectivity index (χ3v) is 1.78. The molecular weight excluding hydrogens is 207 g/mol. The number of hydrogen-bond donors (Lipinski definition) is 1. The third-order valence-electron chi connectivity index (χ3n) is 1.78. The third kappa shape index (κ3) is 1.75. The van der Waals surface area contributed by atoms with E-state index in [1.54, 1.807) is 0 Å². The van der Waals surface area contributed by atoms with Gasteiger partial charge >= 0.3 is 0 Å². The van der Waals surface area contributed by atoms with E-state index in [-0.39, 0.29) is 29.8 Å². The second kappa shape index (κ2) is 3.75. The van der Waals surface area contributed by atoms with Crippen molar-refractivity contribution < 1.29 is 9.18 Å². The van der Waals surface area contributed by atoms with Gasteiger partial charge in [0, 0.05) is 6.92 Å². The molecule has 0 atom stereocenters. The predicted octanol–water partition coefficient (Wildman–Crippen LogP) is 2.33. The van der Waals surface area contributed by atoms with E-state index >= 15 is 0 Å². The van der Waals surface area contributed by atoms with Gasteiger partial charge in [-0.3, -0.25) is 4.79 Å². The van der Waals surface area contributed by atoms with Crippen LogP contribution in [0.4, 0.5) is 4.39 Å². The molecule has 0 amide bonds. The molecule has 1 heterocycles. The summed E-state index contributed by atoms with van der Waals surface area (Å²) < 4.78 is 12.7. The van der Waals surface area contributed by atoms with Gasteiger partial charge in [-0.25, -0.2) is 9.37 Å². The molecule has 2 aromatic rings. The zero-order chi connectivity index (χ0) is 9.42. The molecule has 0 aliphatic carbocycles. The maximum absolute atomic E-state index is 12.7. The summed E-state index contributed by atoms with van der Waals surface area (Å²) in [5.41, 5.74) is 1.15. The fraction of sp³-hybridized carbons (Fsp3) is 0.111. The van der Waals surface area contributed by atoms with Crippen LogP contribution in [-0.4, -0.2) is 15.8 Å². The van der Waals surface area contributed by atoms with Gasteiger partial charge in [0.05, 0.1) is 11.0 Å². The highest BCUT2D eigenvalue weighted by atomic mass is 35.5. The summed E-state index contributed by atoms with van der Waals surface area (Å²) >= 11 is 0. The normalized spacial score (nSPS) is 9.86. The molecule has 74 valence electrons. The summed E-state index contributed by atoms with van der Waals surface area (Å²) in [6.07, 6.45) is 0. The Kier molecular flexibility index (Phi) is 2.86. The lowest BCUT2D eigenvalue weighted by molar-refractivity contribution is 0.100. The smallest absolute Gasteiger partial charge is 0.195 e. The molecule has 5 heteroatoms. The molecule has 0 saturated carbocycles. The summed E-state index contributed by atoms with van der Waals surface area (Å²) in [5.74, 6) is -0.233. The fourth-order valence-electron chi connectivity index (χ4n) is 1.15. The minimum Gasteiger partial charge on any atom is -0.335 e. The molecule has 0 aliphatic rings. The number of nitrogens with one attached hydrogen (secondary N) is 1. The van der Waals surface area contributed by atoms with Gasteiger partial charge in [0.1, 0.15) is 5.82 Å². The van der Waals surface area contributed by atoms with Crippen LogP contribution in [0.5, 0.6) is 0 Å². The second-order valence-corrected chi connectivity index (χ2v) is 2.80. The number of aromatic nitrogens is 2. The van der Waals surface area contributed by atoms with Gasteiger partial charge in [0.15, 0.2) is 11.6 Å². The highest BCUT2D eigenvalue weighted by Gasteiger charge is 2.06. The molecule has 2 rings (SSSR count). The van der Waals surface area contributed by atoms with Crippen LogP contribution in [0, 0.1) is 5.82 Å². The number of carbonyl (C=O) groups is 1. The number of imidazole rings is 1. The Balaban J connectivity index is 0.000000980. The van der Waals surface area contributed by atoms with E-state index in [1.165, 1.54) is 25.1 Å². The first-order chi connectivity index (χ1) is 6.16. The molecule has 0 radical (unpaired) electrons. The Morgan fingerprint density at radius 1 is 1.50 bits per heavy atom. The number of benzene rings is 1. The fourth-order valence-corrected chi connectivity index (χ4v) is 1.15. The first-order valence-corrected chi connectivity index (χ1v) is 3.83. The summed E-state index contributed by atoms with van der Waals surface area (Å²) in [4.78, 5) is 17.6. The van der Waals surface area contributed by atoms with Crippen LogP contribution in [0.1, 0.15) is 17.5 Å². The molecule has 0 unspecified atom stereocenters. The lowest BCUT2D eigenvalue weighted by atomic mass is 10.3. The van der Waals surface area contributed by atoms with Crippen LogP contribution >= 0.6 is 12.4 Å². The van der Waals surface area contributed by atoms with Gasteiger partial charge in [-0.1, -0.05) is 0 Å². The monoisotopic (exact) mass is 214 g/mol. The van der Waals surface area contributed by atoms with Crippen LogP contribution in [-0.2, 0) is 0 Å². The molecule has 1 aromatic heterocycles. The SMILES string of the molecule is CC(=O)c1nc2ccc(F)cc2[nH]1.Cl. The molecule has 0 saturated heterocycles. The van der Waals surface area contributed by atoms with Gasteiger partial charge in [0.2, 0.25) is 0 Å². The lowest BCUT2D eigenvalue weighted by Crippen LogP contribution is -1.93. The number of Topliss-reactive ketones (excluding diaryl/α,β-unsaturated/α-hetero) is 1. The van der Waals surface area contributed by atoms with Crippen molar-refractivity contribution in [2.45, 2.75) is 6.92 Å². The molecule has 3 nitrogen and oxygen atoms in total. The molecule has 0 aliphatic heterocycles. The number of aromatic amines is 1. The van der Waals surface area contributed by atoms with Crippen molar-refractivity contribution in [1.82, 2.24) is 9.97 Å². The van der Waals surface area contributed by atoms with Crippen molar-refractivity contribution in [1.29, 1.82) is 0 Å². The summed E-state index contributed by atoms with van der Waals surface area (Å²) in [5, 5.41) is 0. The van der Waals surface area contributed by atoms with Crippen molar-refractivity contribution in [3.63, 3.8) is 0 Å². The van der Waals surface area contributed by atoms with Gasteiger partial charge < -0.3 is 4.98 Å². The number of ketones is 1. The first kappa shape index (κ1) is 10.7. The number of halogens is 2. The summed E-state index contributed by atoms with van der Waals surface area (Å²) in [6, 6.07) is 4.16. The number of carbonyl (C=O) groups excluding carboxylic acids is 1. The van der Waals surface area contributed by atoms with Crippen LogP contribution in [0.25, 0.3) is 11.0 Å². The van der Waals surface area contributed by atoms with Crippen molar-refractivity contribution in [3.8, 4) is 0 Å². The van der Waals surface area contributed by atoms with E-state index in [0.29, 0.717) is 11.0 Å². The highest BCUT2D eigenvalue weighted by Crippen LogP contribution is 2.12. The van der Waals surface area contributed by atoms with Crippen LogP contribution in [0.2, 0.25) is 0 Å². The zero-order valence-electron chi connectivity index (χ0n) is 7.37. The standard InChI is InChI=1S/C9H7FN2O.ClH/c1-5(13)9-11-7-3-2-6(10)4-8(7)12-9;/h2-4H,1H3,(H,11,12);1H. The van der Waals surface area contributed by atoms with Crippen LogP contribution < -0.4 is 0 Å². The molecule has 0 spiro atoms. The highest BCUT2D eigenvalue weighted by molar-refractivity contribution is 5.93. The van der Waals surface area contributed by atoms with Crippen molar-refractivity contribution in [2.75, 3.05) is 0 Å². The van der Waals surface area contributed by atoms with Crippen LogP contribution in [0.15, 0.2) is 18.2 Å². The molecule has 1 aromatic carbocycles. The molecule has 0 bridgehead atoms. The van der Waals surface area contributed by atoms with E-state index in [4.69, 9.17) is 0 Å². The molecule has 1 N–H and O–H groups in total. The lowest BCUT2D eigenvalue weighted by Gasteiger charge is -1.86. The Bertz CT molecular complexity index is 481. The molecule has 14 heavy (non-hydrogen) atoms. The number of rotatable bonds is 1. The second-order valence-electron chi connectivity index (χ2n) is 2.80. The quantitative estimate of drug-likeness (QED) is 0.741. The van der Waals surface area contributed by atoms with E-state index < -0.39 is 0 Å². The largest absolute Gasteiger partial charge is 0.335 e. The molecule has 0 fully saturated rings.